The standard InChI is InChI=1S/C8H9N.2Y/c1-6-4-9-5-7(2)8(6)3;;/h1-3H3;;/q-2;;. The van der Waals surface area contributed by atoms with E-state index in [4.69, 9.17) is 0 Å². The van der Waals surface area contributed by atoms with Crippen LogP contribution in [0, 0.1) is 33.2 Å². The topological polar surface area (TPSA) is 12.9 Å². The van der Waals surface area contributed by atoms with E-state index >= 15 is 0 Å². The van der Waals surface area contributed by atoms with Crippen LogP contribution in [-0.2, 0) is 65.4 Å². The van der Waals surface area contributed by atoms with Crippen LogP contribution in [0.15, 0.2) is 0 Å². The molecule has 1 aromatic rings. The molecule has 0 aliphatic carbocycles. The van der Waals surface area contributed by atoms with Gasteiger partial charge in [0.1, 0.15) is 0 Å². The number of nitrogens with zero attached hydrogens (tertiary/aromatic N) is 1. The molecule has 0 aliphatic rings. The van der Waals surface area contributed by atoms with Gasteiger partial charge in [-0.15, -0.1) is 6.92 Å². The largest absolute Gasteiger partial charge is 0.543 e. The second-order valence-corrected chi connectivity index (χ2v) is 2.21. The van der Waals surface area contributed by atoms with E-state index < -0.39 is 0 Å². The molecule has 0 saturated heterocycles. The van der Waals surface area contributed by atoms with E-state index in [-0.39, 0.29) is 65.4 Å². The molecule has 0 fully saturated rings. The predicted molar refractivity (Wildman–Crippen MR) is 36.1 cm³/mol. The summed E-state index contributed by atoms with van der Waals surface area (Å²) in [4.78, 5) is 3.79. The zero-order chi connectivity index (χ0) is 6.85. The number of aromatic nitrogens is 1. The second-order valence-electron chi connectivity index (χ2n) is 2.21. The van der Waals surface area contributed by atoms with Crippen LogP contribution in [0.25, 0.3) is 0 Å². The van der Waals surface area contributed by atoms with Crippen molar-refractivity contribution in [2.75, 3.05) is 0 Å². The van der Waals surface area contributed by atoms with Crippen molar-refractivity contribution < 1.29 is 65.4 Å². The fourth-order valence-corrected chi connectivity index (χ4v) is 0.645. The molecule has 3 heteroatoms. The van der Waals surface area contributed by atoms with Gasteiger partial charge in [-0.3, -0.25) is 29.1 Å². The van der Waals surface area contributed by atoms with Crippen molar-refractivity contribution in [3.63, 3.8) is 0 Å². The minimum absolute atomic E-state index is 0. The summed E-state index contributed by atoms with van der Waals surface area (Å²) in [6.07, 6.45) is 5.67. The summed E-state index contributed by atoms with van der Waals surface area (Å²) in [5.74, 6) is 0. The molecule has 0 aliphatic heterocycles. The van der Waals surface area contributed by atoms with E-state index in [0.29, 0.717) is 0 Å². The van der Waals surface area contributed by atoms with Gasteiger partial charge in [0.2, 0.25) is 0 Å². The molecule has 11 heavy (non-hydrogen) atoms. The van der Waals surface area contributed by atoms with Crippen molar-refractivity contribution in [3.05, 3.63) is 29.1 Å². The van der Waals surface area contributed by atoms with E-state index in [1.807, 2.05) is 13.8 Å². The first-order valence-corrected chi connectivity index (χ1v) is 2.95. The summed E-state index contributed by atoms with van der Waals surface area (Å²) in [7, 11) is 0. The first kappa shape index (κ1) is 14.9. The first-order valence-electron chi connectivity index (χ1n) is 2.95. The van der Waals surface area contributed by atoms with Crippen LogP contribution in [0.3, 0.4) is 0 Å². The first-order chi connectivity index (χ1) is 4.22. The molecule has 2 radical (unpaired) electrons. The molecule has 1 rings (SSSR count). The molecule has 0 aromatic carbocycles. The van der Waals surface area contributed by atoms with E-state index in [2.05, 4.69) is 24.3 Å². The SMILES string of the molecule is Cc1[c-]n[c-]c(C)c1C.[Y].[Y]. The Bertz CT molecular complexity index is 203. The minimum atomic E-state index is 0. The van der Waals surface area contributed by atoms with Crippen molar-refractivity contribution in [1.82, 2.24) is 4.98 Å². The molecule has 0 atom stereocenters. The van der Waals surface area contributed by atoms with Crippen molar-refractivity contribution in [1.29, 1.82) is 0 Å². The van der Waals surface area contributed by atoms with Gasteiger partial charge < -0.3 is 4.98 Å². The van der Waals surface area contributed by atoms with Crippen LogP contribution < -0.4 is 0 Å². The van der Waals surface area contributed by atoms with Gasteiger partial charge in [0, 0.05) is 65.4 Å². The smallest absolute Gasteiger partial charge is 0 e. The van der Waals surface area contributed by atoms with Gasteiger partial charge in [0.05, 0.1) is 0 Å². The van der Waals surface area contributed by atoms with Crippen molar-refractivity contribution >= 4 is 0 Å². The molecule has 1 heterocycles. The monoisotopic (exact) mass is 297 g/mol. The molecule has 0 unspecified atom stereocenters. The van der Waals surface area contributed by atoms with E-state index in [1.54, 1.807) is 0 Å². The van der Waals surface area contributed by atoms with Crippen LogP contribution in [0.2, 0.25) is 0 Å². The van der Waals surface area contributed by atoms with Crippen LogP contribution in [0.1, 0.15) is 16.7 Å². The Labute approximate surface area is 119 Å². The van der Waals surface area contributed by atoms with Crippen molar-refractivity contribution in [2.24, 2.45) is 0 Å². The van der Waals surface area contributed by atoms with E-state index in [1.165, 1.54) is 5.56 Å². The van der Waals surface area contributed by atoms with Crippen LogP contribution in [0.4, 0.5) is 0 Å². The number of hydrogen-bond donors (Lipinski definition) is 0. The van der Waals surface area contributed by atoms with Gasteiger partial charge in [-0.05, 0) is 0 Å². The molecule has 0 amide bonds. The molecular weight excluding hydrogens is 288 g/mol. The average molecular weight is 297 g/mol. The maximum absolute atomic E-state index is 3.79. The van der Waals surface area contributed by atoms with Crippen LogP contribution in [-0.4, -0.2) is 4.98 Å². The fourth-order valence-electron chi connectivity index (χ4n) is 0.645. The van der Waals surface area contributed by atoms with Gasteiger partial charge in [-0.25, -0.2) is 0 Å². The maximum atomic E-state index is 3.79. The van der Waals surface area contributed by atoms with Gasteiger partial charge in [-0.1, -0.05) is 13.8 Å². The number of rotatable bonds is 0. The van der Waals surface area contributed by atoms with E-state index in [9.17, 15) is 0 Å². The Morgan fingerprint density at radius 3 is 1.55 bits per heavy atom. The number of pyridine rings is 1. The fraction of sp³-hybridized carbons (Fsp3) is 0.375. The molecule has 54 valence electrons. The Balaban J connectivity index is 0. The third-order valence-electron chi connectivity index (χ3n) is 1.57. The summed E-state index contributed by atoms with van der Waals surface area (Å²) < 4.78 is 0. The molecule has 0 bridgehead atoms. The Kier molecular flexibility index (Phi) is 9.22. The van der Waals surface area contributed by atoms with Gasteiger partial charge >= 0.3 is 0 Å². The molecular formula is C8H9NY2-2. The third kappa shape index (κ3) is 4.22. The molecule has 0 saturated carbocycles. The van der Waals surface area contributed by atoms with Gasteiger partial charge in [-0.2, -0.15) is 0 Å². The van der Waals surface area contributed by atoms with Crippen LogP contribution in [0.5, 0.6) is 0 Å². The van der Waals surface area contributed by atoms with Gasteiger partial charge in [0.25, 0.3) is 0 Å². The summed E-state index contributed by atoms with van der Waals surface area (Å²) >= 11 is 0. The molecule has 1 nitrogen and oxygen atoms in total. The Morgan fingerprint density at radius 2 is 1.27 bits per heavy atom. The molecule has 1 aromatic heterocycles. The van der Waals surface area contributed by atoms with Crippen LogP contribution >= 0.6 is 0 Å². The maximum Gasteiger partial charge on any atom is 0 e. The predicted octanol–water partition coefficient (Wildman–Crippen LogP) is 1.60. The zero-order valence-corrected chi connectivity index (χ0v) is 12.8. The minimum Gasteiger partial charge on any atom is -0.543 e. The van der Waals surface area contributed by atoms with Crippen molar-refractivity contribution in [3.8, 4) is 0 Å². The molecule has 0 spiro atoms. The number of hydrogen-bond acceptors (Lipinski definition) is 1. The second kappa shape index (κ2) is 6.83. The summed E-state index contributed by atoms with van der Waals surface area (Å²) in [5, 5.41) is 0. The number of aryl methyl sites for hydroxylation is 2. The zero-order valence-electron chi connectivity index (χ0n) is 7.10. The van der Waals surface area contributed by atoms with Crippen molar-refractivity contribution in [2.45, 2.75) is 20.8 Å². The normalized spacial score (nSPS) is 7.91. The Morgan fingerprint density at radius 1 is 0.909 bits per heavy atom. The molecule has 0 N–H and O–H groups in total. The average Bonchev–Trinajstić information content (AvgIpc) is 1.83. The summed E-state index contributed by atoms with van der Waals surface area (Å²) in [6.45, 7) is 6.06. The summed E-state index contributed by atoms with van der Waals surface area (Å²) in [5.41, 5.74) is 3.47. The third-order valence-corrected chi connectivity index (χ3v) is 1.57. The quantitative estimate of drug-likeness (QED) is 0.663. The summed E-state index contributed by atoms with van der Waals surface area (Å²) in [6, 6.07) is 0. The Hall–Kier alpha value is 1.36. The van der Waals surface area contributed by atoms with E-state index in [0.717, 1.165) is 11.1 Å². The van der Waals surface area contributed by atoms with Gasteiger partial charge in [0.15, 0.2) is 0 Å².